The van der Waals surface area contributed by atoms with Crippen LogP contribution in [0.15, 0.2) is 76.2 Å². The van der Waals surface area contributed by atoms with Crippen molar-refractivity contribution in [2.45, 2.75) is 26.8 Å². The molecule has 2 aromatic carbocycles. The standard InChI is InChI=1S/C24H22N2O2/c1-15-12-20(17(3)26-19-10-7-11-25-14-19)24-21(13-15)22(27)16(2)23(28-24)18-8-5-4-6-9-18/h4-14,17,26H,1-3H3. The highest BCUT2D eigenvalue weighted by Crippen LogP contribution is 2.31. The van der Waals surface area contributed by atoms with Gasteiger partial charge in [0.15, 0.2) is 5.43 Å². The molecule has 28 heavy (non-hydrogen) atoms. The highest BCUT2D eigenvalue weighted by atomic mass is 16.3. The van der Waals surface area contributed by atoms with Crippen molar-refractivity contribution in [3.8, 4) is 11.3 Å². The highest BCUT2D eigenvalue weighted by molar-refractivity contribution is 5.84. The molecule has 0 radical (unpaired) electrons. The SMILES string of the molecule is Cc1cc(C(C)Nc2cccnc2)c2oc(-c3ccccc3)c(C)c(=O)c2c1. The van der Waals surface area contributed by atoms with Crippen molar-refractivity contribution in [2.75, 3.05) is 5.32 Å². The number of aromatic nitrogens is 1. The van der Waals surface area contributed by atoms with Gasteiger partial charge >= 0.3 is 0 Å². The molecule has 4 heteroatoms. The number of pyridine rings is 1. The first-order valence-electron chi connectivity index (χ1n) is 9.34. The fraction of sp³-hybridized carbons (Fsp3) is 0.167. The van der Waals surface area contributed by atoms with Gasteiger partial charge in [-0.1, -0.05) is 36.4 Å². The average molecular weight is 370 g/mol. The number of benzene rings is 2. The maximum atomic E-state index is 13.1. The molecule has 0 aliphatic heterocycles. The minimum atomic E-state index is -0.0546. The van der Waals surface area contributed by atoms with Crippen molar-refractivity contribution >= 4 is 16.7 Å². The van der Waals surface area contributed by atoms with E-state index in [1.165, 1.54) is 0 Å². The summed E-state index contributed by atoms with van der Waals surface area (Å²) in [6.07, 6.45) is 3.52. The number of fused-ring (bicyclic) bond motifs is 1. The molecule has 4 rings (SSSR count). The summed E-state index contributed by atoms with van der Waals surface area (Å²) in [5.41, 5.74) is 5.07. The second kappa shape index (κ2) is 7.31. The van der Waals surface area contributed by atoms with E-state index in [9.17, 15) is 4.79 Å². The molecule has 1 N–H and O–H groups in total. The van der Waals surface area contributed by atoms with Gasteiger partial charge in [0.25, 0.3) is 0 Å². The lowest BCUT2D eigenvalue weighted by molar-refractivity contribution is 0.605. The maximum Gasteiger partial charge on any atom is 0.196 e. The van der Waals surface area contributed by atoms with Crippen LogP contribution in [0.1, 0.15) is 29.7 Å². The van der Waals surface area contributed by atoms with Crippen LogP contribution in [-0.2, 0) is 0 Å². The second-order valence-electron chi connectivity index (χ2n) is 7.09. The van der Waals surface area contributed by atoms with Crippen LogP contribution in [0, 0.1) is 13.8 Å². The molecule has 0 amide bonds. The van der Waals surface area contributed by atoms with E-state index in [2.05, 4.69) is 23.3 Å². The molecule has 1 atom stereocenters. The zero-order valence-electron chi connectivity index (χ0n) is 16.2. The zero-order valence-corrected chi connectivity index (χ0v) is 16.2. The van der Waals surface area contributed by atoms with Crippen LogP contribution < -0.4 is 10.7 Å². The van der Waals surface area contributed by atoms with E-state index in [0.29, 0.717) is 22.3 Å². The number of nitrogens with one attached hydrogen (secondary N) is 1. The van der Waals surface area contributed by atoms with Crippen molar-refractivity contribution in [3.63, 3.8) is 0 Å². The molecule has 0 aliphatic carbocycles. The summed E-state index contributed by atoms with van der Waals surface area (Å²) in [5.74, 6) is 0.622. The topological polar surface area (TPSA) is 55.1 Å². The Hall–Kier alpha value is -3.40. The van der Waals surface area contributed by atoms with Crippen molar-refractivity contribution in [3.05, 3.63) is 93.9 Å². The Morgan fingerprint density at radius 2 is 1.82 bits per heavy atom. The van der Waals surface area contributed by atoms with Crippen LogP contribution >= 0.6 is 0 Å². The van der Waals surface area contributed by atoms with E-state index in [1.54, 1.807) is 12.4 Å². The fourth-order valence-corrected chi connectivity index (χ4v) is 3.53. The molecule has 2 aromatic heterocycles. The van der Waals surface area contributed by atoms with Crippen molar-refractivity contribution in [1.29, 1.82) is 0 Å². The lowest BCUT2D eigenvalue weighted by Gasteiger charge is -2.18. The van der Waals surface area contributed by atoms with Crippen LogP contribution in [0.25, 0.3) is 22.3 Å². The van der Waals surface area contributed by atoms with Gasteiger partial charge < -0.3 is 9.73 Å². The van der Waals surface area contributed by atoms with Crippen LogP contribution in [0.4, 0.5) is 5.69 Å². The van der Waals surface area contributed by atoms with E-state index in [0.717, 1.165) is 22.4 Å². The van der Waals surface area contributed by atoms with Gasteiger partial charge in [0.1, 0.15) is 11.3 Å². The zero-order chi connectivity index (χ0) is 19.7. The van der Waals surface area contributed by atoms with E-state index in [-0.39, 0.29) is 11.5 Å². The first kappa shape index (κ1) is 18.0. The Kier molecular flexibility index (Phi) is 4.70. The molecule has 0 aliphatic rings. The third kappa shape index (κ3) is 3.29. The molecule has 1 unspecified atom stereocenters. The lowest BCUT2D eigenvalue weighted by atomic mass is 9.99. The van der Waals surface area contributed by atoms with Crippen LogP contribution in [-0.4, -0.2) is 4.98 Å². The Morgan fingerprint density at radius 3 is 2.54 bits per heavy atom. The van der Waals surface area contributed by atoms with Gasteiger partial charge in [-0.15, -0.1) is 0 Å². The fourth-order valence-electron chi connectivity index (χ4n) is 3.53. The molecule has 4 aromatic rings. The van der Waals surface area contributed by atoms with Gasteiger partial charge in [-0.25, -0.2) is 0 Å². The first-order valence-corrected chi connectivity index (χ1v) is 9.34. The van der Waals surface area contributed by atoms with Crippen molar-refractivity contribution in [1.82, 2.24) is 4.98 Å². The molecule has 0 spiro atoms. The summed E-state index contributed by atoms with van der Waals surface area (Å²) >= 11 is 0. The molecule has 0 bridgehead atoms. The Morgan fingerprint density at radius 1 is 1.04 bits per heavy atom. The van der Waals surface area contributed by atoms with E-state index in [1.807, 2.05) is 62.4 Å². The molecular weight excluding hydrogens is 348 g/mol. The Labute approximate surface area is 163 Å². The van der Waals surface area contributed by atoms with E-state index < -0.39 is 0 Å². The molecular formula is C24H22N2O2. The smallest absolute Gasteiger partial charge is 0.196 e. The maximum absolute atomic E-state index is 13.1. The van der Waals surface area contributed by atoms with Gasteiger partial charge in [0.05, 0.1) is 17.1 Å². The summed E-state index contributed by atoms with van der Waals surface area (Å²) in [6.45, 7) is 5.88. The molecule has 4 nitrogen and oxygen atoms in total. The molecule has 0 saturated carbocycles. The monoisotopic (exact) mass is 370 g/mol. The van der Waals surface area contributed by atoms with Crippen LogP contribution in [0.5, 0.6) is 0 Å². The molecule has 140 valence electrons. The normalized spacial score (nSPS) is 12.1. The van der Waals surface area contributed by atoms with Gasteiger partial charge in [0, 0.05) is 29.1 Å². The number of anilines is 1. The summed E-state index contributed by atoms with van der Waals surface area (Å²) in [5, 5.41) is 4.06. The summed E-state index contributed by atoms with van der Waals surface area (Å²) < 4.78 is 6.35. The molecule has 0 saturated heterocycles. The molecule has 2 heterocycles. The summed E-state index contributed by atoms with van der Waals surface area (Å²) in [6, 6.07) is 17.5. The third-order valence-electron chi connectivity index (χ3n) is 4.94. The number of aryl methyl sites for hydroxylation is 1. The van der Waals surface area contributed by atoms with Crippen molar-refractivity contribution in [2.24, 2.45) is 0 Å². The molecule has 0 fully saturated rings. The largest absolute Gasteiger partial charge is 0.455 e. The Balaban J connectivity index is 1.91. The highest BCUT2D eigenvalue weighted by Gasteiger charge is 2.18. The van der Waals surface area contributed by atoms with Gasteiger partial charge in [0.2, 0.25) is 0 Å². The van der Waals surface area contributed by atoms with Gasteiger partial charge in [-0.05, 0) is 44.5 Å². The lowest BCUT2D eigenvalue weighted by Crippen LogP contribution is -2.12. The first-order chi connectivity index (χ1) is 13.5. The number of nitrogens with zero attached hydrogens (tertiary/aromatic N) is 1. The quantitative estimate of drug-likeness (QED) is 0.505. The number of hydrogen-bond donors (Lipinski definition) is 1. The summed E-state index contributed by atoms with van der Waals surface area (Å²) in [4.78, 5) is 17.3. The minimum absolute atomic E-state index is 0.0126. The van der Waals surface area contributed by atoms with Gasteiger partial charge in [-0.2, -0.15) is 0 Å². The number of hydrogen-bond acceptors (Lipinski definition) is 4. The Bertz CT molecular complexity index is 1180. The minimum Gasteiger partial charge on any atom is -0.455 e. The van der Waals surface area contributed by atoms with Crippen molar-refractivity contribution < 1.29 is 4.42 Å². The predicted octanol–water partition coefficient (Wildman–Crippen LogP) is 5.64. The second-order valence-corrected chi connectivity index (χ2v) is 7.09. The predicted molar refractivity (Wildman–Crippen MR) is 114 cm³/mol. The van der Waals surface area contributed by atoms with Crippen LogP contribution in [0.2, 0.25) is 0 Å². The summed E-state index contributed by atoms with van der Waals surface area (Å²) in [7, 11) is 0. The third-order valence-corrected chi connectivity index (χ3v) is 4.94. The van der Waals surface area contributed by atoms with E-state index >= 15 is 0 Å². The van der Waals surface area contributed by atoms with Gasteiger partial charge in [-0.3, -0.25) is 9.78 Å². The van der Waals surface area contributed by atoms with E-state index in [4.69, 9.17) is 4.42 Å². The average Bonchev–Trinajstić information content (AvgIpc) is 2.72. The number of rotatable bonds is 4. The van der Waals surface area contributed by atoms with Crippen LogP contribution in [0.3, 0.4) is 0 Å².